The number of aryl methyl sites for hydroxylation is 1. The summed E-state index contributed by atoms with van der Waals surface area (Å²) < 4.78 is 27.4. The van der Waals surface area contributed by atoms with E-state index in [1.54, 1.807) is 64.2 Å². The van der Waals surface area contributed by atoms with Crippen LogP contribution < -0.4 is 5.32 Å². The number of rotatable bonds is 12. The molecular formula is C30H38ClFN4O4. The van der Waals surface area contributed by atoms with Gasteiger partial charge in [0.25, 0.3) is 0 Å². The molecule has 0 aliphatic carbocycles. The summed E-state index contributed by atoms with van der Waals surface area (Å²) in [5, 5.41) is 2.79. The molecule has 8 nitrogen and oxygen atoms in total. The molecule has 1 aliphatic heterocycles. The molecule has 40 heavy (non-hydrogen) atoms. The van der Waals surface area contributed by atoms with Crippen LogP contribution in [0.25, 0.3) is 0 Å². The number of aliphatic imine (C=N–C) groups is 1. The number of ether oxygens (including phenoxy) is 2. The summed E-state index contributed by atoms with van der Waals surface area (Å²) in [5.41, 5.74) is -0.0577. The number of nitrogens with zero attached hydrogens (tertiary/aromatic N) is 3. The Labute approximate surface area is 240 Å². The van der Waals surface area contributed by atoms with Crippen LogP contribution in [-0.4, -0.2) is 52.5 Å². The van der Waals surface area contributed by atoms with Crippen LogP contribution in [0.15, 0.2) is 47.5 Å². The molecule has 0 radical (unpaired) electrons. The fraction of sp³-hybridized carbons (Fsp3) is 0.500. The minimum absolute atomic E-state index is 0.0770. The van der Waals surface area contributed by atoms with Gasteiger partial charge in [0, 0.05) is 18.6 Å². The molecule has 2 heterocycles. The van der Waals surface area contributed by atoms with Gasteiger partial charge in [-0.2, -0.15) is 4.98 Å². The van der Waals surface area contributed by atoms with Crippen LogP contribution in [0.5, 0.6) is 0 Å². The number of amides is 1. The third-order valence-corrected chi connectivity index (χ3v) is 7.31. The van der Waals surface area contributed by atoms with Crippen molar-refractivity contribution in [2.24, 2.45) is 16.8 Å². The van der Waals surface area contributed by atoms with Crippen LogP contribution in [0.3, 0.4) is 0 Å². The summed E-state index contributed by atoms with van der Waals surface area (Å²) in [6, 6.07) is 8.58. The van der Waals surface area contributed by atoms with E-state index in [2.05, 4.69) is 26.9 Å². The molecule has 4 atom stereocenters. The predicted molar refractivity (Wildman–Crippen MR) is 155 cm³/mol. The fourth-order valence-electron chi connectivity index (χ4n) is 4.40. The Morgan fingerprint density at radius 2 is 2.02 bits per heavy atom. The molecule has 1 N–H and O–H groups in total. The molecular weight excluding hydrogens is 535 g/mol. The van der Waals surface area contributed by atoms with Crippen molar-refractivity contribution in [2.45, 2.75) is 78.2 Å². The Bertz CT molecular complexity index is 1220. The highest BCUT2D eigenvalue weighted by Gasteiger charge is 2.50. The lowest BCUT2D eigenvalue weighted by molar-refractivity contribution is -0.118. The number of hydrogen-bond acceptors (Lipinski definition) is 7. The number of esters is 1. The lowest BCUT2D eigenvalue weighted by Gasteiger charge is -2.25. The molecule has 2 unspecified atom stereocenters. The summed E-state index contributed by atoms with van der Waals surface area (Å²) >= 11 is 6.35. The largest absolute Gasteiger partial charge is 0.459 e. The second-order valence-electron chi connectivity index (χ2n) is 10.5. The zero-order chi connectivity index (χ0) is 29.4. The lowest BCUT2D eigenvalue weighted by Crippen LogP contribution is -2.38. The van der Waals surface area contributed by atoms with Gasteiger partial charge in [-0.05, 0) is 56.7 Å². The molecule has 1 aromatic carbocycles. The normalized spacial score (nSPS) is 21.5. The molecule has 1 fully saturated rings. The highest BCUT2D eigenvalue weighted by atomic mass is 35.5. The van der Waals surface area contributed by atoms with Gasteiger partial charge >= 0.3 is 5.97 Å². The maximum Gasteiger partial charge on any atom is 0.338 e. The quantitative estimate of drug-likeness (QED) is 0.129. The van der Waals surface area contributed by atoms with Gasteiger partial charge in [-0.3, -0.25) is 15.1 Å². The molecule has 1 amide bonds. The van der Waals surface area contributed by atoms with Gasteiger partial charge in [0.1, 0.15) is 18.4 Å². The first-order valence-electron chi connectivity index (χ1n) is 13.6. The van der Waals surface area contributed by atoms with Gasteiger partial charge in [0.15, 0.2) is 10.8 Å². The third kappa shape index (κ3) is 7.95. The van der Waals surface area contributed by atoms with E-state index in [1.807, 2.05) is 6.92 Å². The van der Waals surface area contributed by atoms with Crippen LogP contribution >= 0.6 is 11.6 Å². The summed E-state index contributed by atoms with van der Waals surface area (Å²) in [4.78, 5) is 37.3. The van der Waals surface area contributed by atoms with Crippen molar-refractivity contribution >= 4 is 41.3 Å². The Morgan fingerprint density at radius 3 is 2.62 bits per heavy atom. The smallest absolute Gasteiger partial charge is 0.338 e. The number of benzene rings is 1. The number of hydrogen-bond donors (Lipinski definition) is 1. The molecule has 0 bridgehead atoms. The van der Waals surface area contributed by atoms with E-state index < -0.39 is 17.7 Å². The van der Waals surface area contributed by atoms with Crippen molar-refractivity contribution in [1.29, 1.82) is 0 Å². The van der Waals surface area contributed by atoms with Gasteiger partial charge < -0.3 is 9.47 Å². The summed E-state index contributed by atoms with van der Waals surface area (Å²) in [6.45, 7) is 12.6. The predicted octanol–water partition coefficient (Wildman–Crippen LogP) is 6.84. The van der Waals surface area contributed by atoms with E-state index in [0.717, 1.165) is 6.42 Å². The van der Waals surface area contributed by atoms with Crippen molar-refractivity contribution in [3.63, 3.8) is 0 Å². The number of aromatic nitrogens is 2. The monoisotopic (exact) mass is 572 g/mol. The van der Waals surface area contributed by atoms with E-state index in [9.17, 15) is 9.59 Å². The van der Waals surface area contributed by atoms with Crippen molar-refractivity contribution < 1.29 is 23.5 Å². The lowest BCUT2D eigenvalue weighted by atomic mass is 9.87. The first-order chi connectivity index (χ1) is 18.9. The van der Waals surface area contributed by atoms with E-state index in [0.29, 0.717) is 35.4 Å². The number of carbonyl (C=O) groups is 2. The van der Waals surface area contributed by atoms with Gasteiger partial charge in [0.05, 0.1) is 17.4 Å². The van der Waals surface area contributed by atoms with Crippen LogP contribution in [0, 0.1) is 18.8 Å². The highest BCUT2D eigenvalue weighted by molar-refractivity contribution is 6.32. The zero-order valence-electron chi connectivity index (χ0n) is 23.7. The number of nitrogens with one attached hydrogen (secondary N) is 1. The van der Waals surface area contributed by atoms with E-state index in [1.165, 1.54) is 0 Å². The maximum atomic E-state index is 15.9. The molecule has 1 saturated heterocycles. The number of carbonyl (C=O) groups excluding carboxylic acids is 2. The van der Waals surface area contributed by atoms with E-state index in [-0.39, 0.29) is 48.0 Å². The Hall–Kier alpha value is -3.17. The number of halogens is 2. The van der Waals surface area contributed by atoms with Gasteiger partial charge in [-0.1, -0.05) is 57.2 Å². The summed E-state index contributed by atoms with van der Waals surface area (Å²) in [6.07, 6.45) is 2.76. The minimum atomic E-state index is -1.79. The molecule has 1 aliphatic rings. The first kappa shape index (κ1) is 31.4. The van der Waals surface area contributed by atoms with Crippen molar-refractivity contribution in [3.05, 3.63) is 58.9 Å². The van der Waals surface area contributed by atoms with Crippen LogP contribution in [-0.2, 0) is 14.3 Å². The summed E-state index contributed by atoms with van der Waals surface area (Å²) in [5.74, 6) is -0.721. The van der Waals surface area contributed by atoms with Crippen molar-refractivity contribution in [2.75, 3.05) is 11.9 Å². The molecule has 1 aromatic heterocycles. The number of anilines is 1. The standard InChI is InChI=1S/C30H38ClFN4O4/c1-7-21(16-33-25-20(6)34-29(35-26(25)31)36-27(37)18(2)3)13-14-23-15-30(32,19(4)5)24(40-23)17-39-28(38)22-11-9-8-10-12-22/h8-12,16,18,21,23-24H,4,7,13-15,17H2,1-3,5-6H3,(H,34,35,36,37)/t21?,23-,24+,30?/m0/s1. The van der Waals surface area contributed by atoms with Gasteiger partial charge in [0.2, 0.25) is 11.9 Å². The second-order valence-corrected chi connectivity index (χ2v) is 10.9. The topological polar surface area (TPSA) is 103 Å². The average molecular weight is 573 g/mol. The Balaban J connectivity index is 1.60. The minimum Gasteiger partial charge on any atom is -0.459 e. The molecule has 0 saturated carbocycles. The first-order valence-corrected chi connectivity index (χ1v) is 13.9. The molecule has 10 heteroatoms. The SMILES string of the molecule is C=C(C)C1(F)C[C@H](CCC(C=Nc2c(C)nc(NC(=O)C(C)C)nc2Cl)CC)O[C@@H]1COC(=O)c1ccccc1. The molecule has 2 aromatic rings. The van der Waals surface area contributed by atoms with E-state index in [4.69, 9.17) is 21.1 Å². The Kier molecular flexibility index (Phi) is 10.9. The van der Waals surface area contributed by atoms with Gasteiger partial charge in [-0.15, -0.1) is 0 Å². The van der Waals surface area contributed by atoms with Crippen LogP contribution in [0.2, 0.25) is 5.15 Å². The maximum absolute atomic E-state index is 15.9. The second kappa shape index (κ2) is 13.9. The zero-order valence-corrected chi connectivity index (χ0v) is 24.5. The summed E-state index contributed by atoms with van der Waals surface area (Å²) in [7, 11) is 0. The van der Waals surface area contributed by atoms with Crippen LogP contribution in [0.4, 0.5) is 16.0 Å². The molecule has 216 valence electrons. The highest BCUT2D eigenvalue weighted by Crippen LogP contribution is 2.41. The number of alkyl halides is 1. The van der Waals surface area contributed by atoms with Crippen LogP contribution in [0.1, 0.15) is 69.4 Å². The van der Waals surface area contributed by atoms with E-state index >= 15 is 4.39 Å². The fourth-order valence-corrected chi connectivity index (χ4v) is 4.67. The molecule has 0 spiro atoms. The third-order valence-electron chi connectivity index (χ3n) is 7.05. The molecule has 3 rings (SSSR count). The average Bonchev–Trinajstić information content (AvgIpc) is 3.25. The van der Waals surface area contributed by atoms with Crippen molar-refractivity contribution in [1.82, 2.24) is 9.97 Å². The Morgan fingerprint density at radius 1 is 1.32 bits per heavy atom. The van der Waals surface area contributed by atoms with Crippen molar-refractivity contribution in [3.8, 4) is 0 Å². The van der Waals surface area contributed by atoms with Gasteiger partial charge in [-0.25, -0.2) is 14.2 Å².